The number of anilines is 1. The number of hydrogen-bond acceptors (Lipinski definition) is 4. The molecule has 2 aromatic rings. The number of sulfonamides is 1. The quantitative estimate of drug-likeness (QED) is 0.864. The molecule has 0 fully saturated rings. The highest BCUT2D eigenvalue weighted by Crippen LogP contribution is 2.24. The summed E-state index contributed by atoms with van der Waals surface area (Å²) in [6.07, 6.45) is 4.17. The molecule has 0 aliphatic carbocycles. The largest absolute Gasteiger partial charge is 0.268 e. The first kappa shape index (κ1) is 12.8. The van der Waals surface area contributed by atoms with Gasteiger partial charge in [0.15, 0.2) is 0 Å². The molecule has 0 aromatic carbocycles. The van der Waals surface area contributed by atoms with E-state index in [2.05, 4.69) is 9.97 Å². The van der Waals surface area contributed by atoms with Gasteiger partial charge in [-0.2, -0.15) is 0 Å². The molecule has 18 heavy (non-hydrogen) atoms. The Morgan fingerprint density at radius 1 is 1.22 bits per heavy atom. The van der Waals surface area contributed by atoms with E-state index in [1.54, 1.807) is 18.2 Å². The van der Waals surface area contributed by atoms with Gasteiger partial charge in [0, 0.05) is 25.6 Å². The van der Waals surface area contributed by atoms with Crippen LogP contribution in [0.15, 0.2) is 47.8 Å². The van der Waals surface area contributed by atoms with Gasteiger partial charge in [0.2, 0.25) is 0 Å². The summed E-state index contributed by atoms with van der Waals surface area (Å²) in [6.45, 7) is 0. The van der Waals surface area contributed by atoms with Crippen molar-refractivity contribution >= 4 is 27.4 Å². The average molecular weight is 284 g/mol. The minimum absolute atomic E-state index is 0.0418. The molecule has 2 aromatic heterocycles. The average Bonchev–Trinajstić information content (AvgIpc) is 2.39. The number of hydrogen-bond donors (Lipinski definition) is 0. The van der Waals surface area contributed by atoms with Crippen LogP contribution in [0.25, 0.3) is 0 Å². The zero-order valence-electron chi connectivity index (χ0n) is 9.49. The van der Waals surface area contributed by atoms with Crippen molar-refractivity contribution in [2.24, 2.45) is 0 Å². The van der Waals surface area contributed by atoms with E-state index in [0.717, 1.165) is 4.31 Å². The molecule has 7 heteroatoms. The van der Waals surface area contributed by atoms with Gasteiger partial charge in [0.25, 0.3) is 10.0 Å². The van der Waals surface area contributed by atoms with Crippen molar-refractivity contribution in [3.8, 4) is 0 Å². The van der Waals surface area contributed by atoms with Crippen molar-refractivity contribution in [1.82, 2.24) is 9.97 Å². The fraction of sp³-hybridized carbons (Fsp3) is 0.0909. The zero-order valence-corrected chi connectivity index (χ0v) is 11.1. The highest BCUT2D eigenvalue weighted by atomic mass is 35.5. The van der Waals surface area contributed by atoms with E-state index in [4.69, 9.17) is 11.6 Å². The van der Waals surface area contributed by atoms with E-state index in [1.165, 1.54) is 31.7 Å². The summed E-state index contributed by atoms with van der Waals surface area (Å²) in [5, 5.41) is 0.132. The van der Waals surface area contributed by atoms with Crippen molar-refractivity contribution < 1.29 is 8.42 Å². The fourth-order valence-electron chi connectivity index (χ4n) is 1.36. The SMILES string of the molecule is CN(c1ccccn1)S(=O)(=O)c1cnccc1Cl. The summed E-state index contributed by atoms with van der Waals surface area (Å²) in [5.41, 5.74) is 0. The molecule has 94 valence electrons. The number of rotatable bonds is 3. The lowest BCUT2D eigenvalue weighted by molar-refractivity contribution is 0.593. The van der Waals surface area contributed by atoms with Crippen LogP contribution < -0.4 is 4.31 Å². The number of pyridine rings is 2. The molecule has 0 N–H and O–H groups in total. The Morgan fingerprint density at radius 3 is 2.61 bits per heavy atom. The zero-order chi connectivity index (χ0) is 13.2. The second-order valence-electron chi connectivity index (χ2n) is 3.47. The van der Waals surface area contributed by atoms with Crippen molar-refractivity contribution in [2.75, 3.05) is 11.4 Å². The molecule has 0 unspecified atom stereocenters. The van der Waals surface area contributed by atoms with Crippen LogP contribution >= 0.6 is 11.6 Å². The van der Waals surface area contributed by atoms with Gasteiger partial charge in [-0.1, -0.05) is 17.7 Å². The lowest BCUT2D eigenvalue weighted by Crippen LogP contribution is -2.27. The van der Waals surface area contributed by atoms with Crippen molar-refractivity contribution in [3.63, 3.8) is 0 Å². The molecule has 2 rings (SSSR count). The van der Waals surface area contributed by atoms with E-state index in [9.17, 15) is 8.42 Å². The van der Waals surface area contributed by atoms with E-state index in [0.29, 0.717) is 5.82 Å². The fourth-order valence-corrected chi connectivity index (χ4v) is 2.92. The maximum atomic E-state index is 12.3. The Morgan fingerprint density at radius 2 is 2.00 bits per heavy atom. The second-order valence-corrected chi connectivity index (χ2v) is 5.81. The summed E-state index contributed by atoms with van der Waals surface area (Å²) in [7, 11) is -2.33. The Bertz CT molecular complexity index is 646. The monoisotopic (exact) mass is 283 g/mol. The number of nitrogens with zero attached hydrogens (tertiary/aromatic N) is 3. The maximum Gasteiger partial charge on any atom is 0.268 e. The molecule has 2 heterocycles. The van der Waals surface area contributed by atoms with Crippen molar-refractivity contribution in [2.45, 2.75) is 4.90 Å². The minimum Gasteiger partial charge on any atom is -0.263 e. The van der Waals surface area contributed by atoms with Gasteiger partial charge in [-0.15, -0.1) is 0 Å². The van der Waals surface area contributed by atoms with Gasteiger partial charge in [-0.25, -0.2) is 13.4 Å². The normalized spacial score (nSPS) is 11.2. The van der Waals surface area contributed by atoms with Gasteiger partial charge in [0.1, 0.15) is 10.7 Å². The minimum atomic E-state index is -3.75. The Labute approximate surface area is 110 Å². The first-order valence-electron chi connectivity index (χ1n) is 5.03. The van der Waals surface area contributed by atoms with E-state index >= 15 is 0 Å². The Balaban J connectivity index is 2.48. The molecule has 0 saturated heterocycles. The summed E-state index contributed by atoms with van der Waals surface area (Å²) in [4.78, 5) is 7.72. The Hall–Kier alpha value is -1.66. The molecular weight excluding hydrogens is 274 g/mol. The van der Waals surface area contributed by atoms with Gasteiger partial charge in [-0.3, -0.25) is 9.29 Å². The van der Waals surface area contributed by atoms with Crippen LogP contribution in [0, 0.1) is 0 Å². The molecule has 5 nitrogen and oxygen atoms in total. The van der Waals surface area contributed by atoms with Crippen LogP contribution in [0.4, 0.5) is 5.82 Å². The van der Waals surface area contributed by atoms with Crippen LogP contribution in [-0.2, 0) is 10.0 Å². The first-order valence-corrected chi connectivity index (χ1v) is 6.85. The summed E-state index contributed by atoms with van der Waals surface area (Å²) in [6, 6.07) is 6.45. The Kier molecular flexibility index (Phi) is 3.49. The molecular formula is C11H10ClN3O2S. The maximum absolute atomic E-state index is 12.3. The van der Waals surface area contributed by atoms with Crippen molar-refractivity contribution in [1.29, 1.82) is 0 Å². The van der Waals surface area contributed by atoms with Gasteiger partial charge in [0.05, 0.1) is 5.02 Å². The molecule has 0 bridgehead atoms. The van der Waals surface area contributed by atoms with Crippen LogP contribution in [0.3, 0.4) is 0 Å². The molecule has 0 radical (unpaired) electrons. The molecule has 0 aliphatic rings. The van der Waals surface area contributed by atoms with Crippen LogP contribution in [0.5, 0.6) is 0 Å². The topological polar surface area (TPSA) is 63.2 Å². The van der Waals surface area contributed by atoms with Crippen LogP contribution in [0.1, 0.15) is 0 Å². The molecule has 0 saturated carbocycles. The number of aromatic nitrogens is 2. The summed E-state index contributed by atoms with van der Waals surface area (Å²) < 4.78 is 25.7. The lowest BCUT2D eigenvalue weighted by Gasteiger charge is -2.18. The van der Waals surface area contributed by atoms with E-state index < -0.39 is 10.0 Å². The third kappa shape index (κ3) is 2.30. The third-order valence-electron chi connectivity index (χ3n) is 2.34. The smallest absolute Gasteiger partial charge is 0.263 e. The van der Waals surface area contributed by atoms with E-state index in [1.807, 2.05) is 0 Å². The first-order chi connectivity index (χ1) is 8.53. The standard InChI is InChI=1S/C11H10ClN3O2S/c1-15(11-4-2-3-6-14-11)18(16,17)10-8-13-7-5-9(10)12/h2-8H,1H3. The molecule has 0 spiro atoms. The number of halogens is 1. The van der Waals surface area contributed by atoms with Gasteiger partial charge in [-0.05, 0) is 18.2 Å². The summed E-state index contributed by atoms with van der Waals surface area (Å²) in [5.74, 6) is 0.317. The van der Waals surface area contributed by atoms with Gasteiger partial charge >= 0.3 is 0 Å². The molecule has 0 aliphatic heterocycles. The predicted octanol–water partition coefficient (Wildman–Crippen LogP) is 1.96. The van der Waals surface area contributed by atoms with Crippen LogP contribution in [0.2, 0.25) is 5.02 Å². The highest BCUT2D eigenvalue weighted by molar-refractivity contribution is 7.92. The highest BCUT2D eigenvalue weighted by Gasteiger charge is 2.24. The summed E-state index contributed by atoms with van der Waals surface area (Å²) >= 11 is 5.87. The third-order valence-corrected chi connectivity index (χ3v) is 4.58. The predicted molar refractivity (Wildman–Crippen MR) is 69.1 cm³/mol. The van der Waals surface area contributed by atoms with Gasteiger partial charge < -0.3 is 0 Å². The molecule has 0 atom stereocenters. The van der Waals surface area contributed by atoms with Crippen LogP contribution in [-0.4, -0.2) is 25.4 Å². The van der Waals surface area contributed by atoms with E-state index in [-0.39, 0.29) is 9.92 Å². The lowest BCUT2D eigenvalue weighted by atomic mass is 10.5. The second kappa shape index (κ2) is 4.91. The molecule has 0 amide bonds. The van der Waals surface area contributed by atoms with Crippen molar-refractivity contribution in [3.05, 3.63) is 47.9 Å².